The molecule has 1 N–H and O–H groups in total. The Morgan fingerprint density at radius 2 is 2.00 bits per heavy atom. The van der Waals surface area contributed by atoms with Crippen molar-refractivity contribution in [1.82, 2.24) is 19.8 Å². The first kappa shape index (κ1) is 21.2. The number of piperidine rings is 1. The van der Waals surface area contributed by atoms with Crippen LogP contribution in [0.1, 0.15) is 36.9 Å². The van der Waals surface area contributed by atoms with Gasteiger partial charge >= 0.3 is 0 Å². The normalized spacial score (nSPS) is 16.9. The number of carbonyl (C=O) groups is 1. The second-order valence-corrected chi connectivity index (χ2v) is 8.21. The van der Waals surface area contributed by atoms with Gasteiger partial charge in [0.25, 0.3) is 0 Å². The van der Waals surface area contributed by atoms with E-state index in [1.165, 1.54) is 11.8 Å². The predicted molar refractivity (Wildman–Crippen MR) is 119 cm³/mol. The Kier molecular flexibility index (Phi) is 7.10. The lowest BCUT2D eigenvalue weighted by Gasteiger charge is -2.32. The number of rotatable bonds is 8. The highest BCUT2D eigenvalue weighted by molar-refractivity contribution is 5.75. The van der Waals surface area contributed by atoms with Gasteiger partial charge in [0, 0.05) is 49.7 Å². The van der Waals surface area contributed by atoms with Crippen LogP contribution in [-0.2, 0) is 17.9 Å². The quantitative estimate of drug-likeness (QED) is 0.590. The Morgan fingerprint density at radius 1 is 1.13 bits per heavy atom. The first-order valence-electron chi connectivity index (χ1n) is 11.0. The van der Waals surface area contributed by atoms with Crippen molar-refractivity contribution in [2.45, 2.75) is 38.8 Å². The van der Waals surface area contributed by atoms with E-state index < -0.39 is 0 Å². The molecule has 1 atom stereocenters. The van der Waals surface area contributed by atoms with Crippen LogP contribution in [0.4, 0.5) is 4.39 Å². The molecule has 1 amide bonds. The van der Waals surface area contributed by atoms with Gasteiger partial charge in [0.2, 0.25) is 5.91 Å². The Morgan fingerprint density at radius 3 is 2.84 bits per heavy atom. The first-order valence-corrected chi connectivity index (χ1v) is 11.0. The number of nitrogens with zero attached hydrogens (tertiary/aromatic N) is 3. The standard InChI is InChI=1S/C25H29FN4O/c26-23-10-2-1-8-21(23)17-28-25(31)13-12-20-7-5-15-29(18-20)19-22-9-6-16-30(22)24-11-3-4-14-27-24/h1-4,6,8-11,14,16,20H,5,7,12-13,15,17-19H2,(H,28,31). The molecule has 31 heavy (non-hydrogen) atoms. The van der Waals surface area contributed by atoms with E-state index in [-0.39, 0.29) is 18.3 Å². The fourth-order valence-corrected chi connectivity index (χ4v) is 4.28. The van der Waals surface area contributed by atoms with Crippen molar-refractivity contribution in [3.05, 3.63) is 84.1 Å². The van der Waals surface area contributed by atoms with Gasteiger partial charge in [0.1, 0.15) is 11.6 Å². The van der Waals surface area contributed by atoms with E-state index in [0.717, 1.165) is 44.7 Å². The number of halogens is 1. The first-order chi connectivity index (χ1) is 15.2. The van der Waals surface area contributed by atoms with E-state index in [0.29, 0.717) is 17.9 Å². The summed E-state index contributed by atoms with van der Waals surface area (Å²) in [6.45, 7) is 3.18. The number of nitrogens with one attached hydrogen (secondary N) is 1. The van der Waals surface area contributed by atoms with Crippen molar-refractivity contribution in [3.8, 4) is 5.82 Å². The molecule has 1 saturated heterocycles. The molecule has 3 heterocycles. The van der Waals surface area contributed by atoms with Gasteiger partial charge in [-0.1, -0.05) is 24.3 Å². The third-order valence-electron chi connectivity index (χ3n) is 5.93. The molecule has 3 aromatic rings. The van der Waals surface area contributed by atoms with Crippen LogP contribution in [0, 0.1) is 11.7 Å². The molecule has 0 saturated carbocycles. The van der Waals surface area contributed by atoms with E-state index in [1.807, 2.05) is 24.4 Å². The Hall–Kier alpha value is -2.99. The molecule has 2 aromatic heterocycles. The summed E-state index contributed by atoms with van der Waals surface area (Å²) < 4.78 is 15.8. The van der Waals surface area contributed by atoms with Crippen molar-refractivity contribution in [2.24, 2.45) is 5.92 Å². The van der Waals surface area contributed by atoms with Gasteiger partial charge in [-0.25, -0.2) is 9.37 Å². The topological polar surface area (TPSA) is 50.2 Å². The van der Waals surface area contributed by atoms with Crippen LogP contribution >= 0.6 is 0 Å². The van der Waals surface area contributed by atoms with Crippen LogP contribution in [0.2, 0.25) is 0 Å². The van der Waals surface area contributed by atoms with E-state index in [2.05, 4.69) is 38.1 Å². The number of hydrogen-bond donors (Lipinski definition) is 1. The molecular weight excluding hydrogens is 391 g/mol. The molecule has 4 rings (SSSR count). The van der Waals surface area contributed by atoms with Gasteiger partial charge in [0.05, 0.1) is 0 Å². The lowest BCUT2D eigenvalue weighted by molar-refractivity contribution is -0.121. The van der Waals surface area contributed by atoms with Crippen LogP contribution in [0.5, 0.6) is 0 Å². The molecule has 0 radical (unpaired) electrons. The Balaban J connectivity index is 1.25. The minimum Gasteiger partial charge on any atom is -0.352 e. The SMILES string of the molecule is O=C(CCC1CCCN(Cc2cccn2-c2ccccn2)C1)NCc1ccccc1F. The van der Waals surface area contributed by atoms with Crippen LogP contribution in [0.15, 0.2) is 67.0 Å². The van der Waals surface area contributed by atoms with Crippen LogP contribution in [-0.4, -0.2) is 33.4 Å². The number of amides is 1. The molecule has 0 bridgehead atoms. The number of aromatic nitrogens is 2. The average Bonchev–Trinajstić information content (AvgIpc) is 3.26. The van der Waals surface area contributed by atoms with E-state index in [4.69, 9.17) is 0 Å². The van der Waals surface area contributed by atoms with Crippen molar-refractivity contribution >= 4 is 5.91 Å². The van der Waals surface area contributed by atoms with Gasteiger partial charge in [-0.3, -0.25) is 9.69 Å². The molecule has 1 aromatic carbocycles. The van der Waals surface area contributed by atoms with Crippen molar-refractivity contribution < 1.29 is 9.18 Å². The summed E-state index contributed by atoms with van der Waals surface area (Å²) in [6, 6.07) is 16.7. The maximum atomic E-state index is 13.7. The maximum Gasteiger partial charge on any atom is 0.220 e. The summed E-state index contributed by atoms with van der Waals surface area (Å²) in [4.78, 5) is 19.2. The number of carbonyl (C=O) groups excluding carboxylic acids is 1. The summed E-state index contributed by atoms with van der Waals surface area (Å²) >= 11 is 0. The minimum absolute atomic E-state index is 0.00981. The lowest BCUT2D eigenvalue weighted by atomic mass is 9.93. The monoisotopic (exact) mass is 420 g/mol. The van der Waals surface area contributed by atoms with Gasteiger partial charge in [-0.05, 0) is 62.1 Å². The fourth-order valence-electron chi connectivity index (χ4n) is 4.28. The average molecular weight is 421 g/mol. The largest absolute Gasteiger partial charge is 0.352 e. The number of benzene rings is 1. The van der Waals surface area contributed by atoms with Crippen LogP contribution in [0.25, 0.3) is 5.82 Å². The summed E-state index contributed by atoms with van der Waals surface area (Å²) in [7, 11) is 0. The molecule has 5 nitrogen and oxygen atoms in total. The van der Waals surface area contributed by atoms with Gasteiger partial charge in [0.15, 0.2) is 0 Å². The van der Waals surface area contributed by atoms with Crippen LogP contribution in [0.3, 0.4) is 0 Å². The van der Waals surface area contributed by atoms with Crippen LogP contribution < -0.4 is 5.32 Å². The Labute approximate surface area is 182 Å². The zero-order chi connectivity index (χ0) is 21.5. The van der Waals surface area contributed by atoms with Gasteiger partial charge < -0.3 is 9.88 Å². The number of pyridine rings is 1. The molecule has 0 spiro atoms. The van der Waals surface area contributed by atoms with Crippen molar-refractivity contribution in [2.75, 3.05) is 13.1 Å². The molecule has 162 valence electrons. The van der Waals surface area contributed by atoms with Gasteiger partial charge in [-0.2, -0.15) is 0 Å². The van der Waals surface area contributed by atoms with E-state index >= 15 is 0 Å². The van der Waals surface area contributed by atoms with E-state index in [1.54, 1.807) is 18.2 Å². The zero-order valence-electron chi connectivity index (χ0n) is 17.7. The highest BCUT2D eigenvalue weighted by Gasteiger charge is 2.21. The highest BCUT2D eigenvalue weighted by Crippen LogP contribution is 2.23. The van der Waals surface area contributed by atoms with E-state index in [9.17, 15) is 9.18 Å². The second-order valence-electron chi connectivity index (χ2n) is 8.21. The number of likely N-dealkylation sites (tertiary alicyclic amines) is 1. The minimum atomic E-state index is -0.277. The second kappa shape index (κ2) is 10.4. The molecular formula is C25H29FN4O. The molecule has 1 unspecified atom stereocenters. The summed E-state index contributed by atoms with van der Waals surface area (Å²) in [5.41, 5.74) is 1.75. The van der Waals surface area contributed by atoms with Crippen molar-refractivity contribution in [3.63, 3.8) is 0 Å². The highest BCUT2D eigenvalue weighted by atomic mass is 19.1. The molecule has 1 aliphatic rings. The molecule has 6 heteroatoms. The summed E-state index contributed by atoms with van der Waals surface area (Å²) in [5.74, 6) is 1.15. The van der Waals surface area contributed by atoms with Gasteiger partial charge in [-0.15, -0.1) is 0 Å². The zero-order valence-corrected chi connectivity index (χ0v) is 17.7. The predicted octanol–water partition coefficient (Wildman–Crippen LogP) is 4.32. The fraction of sp³-hybridized carbons (Fsp3) is 0.360. The number of hydrogen-bond acceptors (Lipinski definition) is 3. The molecule has 0 aliphatic carbocycles. The third kappa shape index (κ3) is 5.79. The molecule has 1 fully saturated rings. The third-order valence-corrected chi connectivity index (χ3v) is 5.93. The lowest BCUT2D eigenvalue weighted by Crippen LogP contribution is -2.36. The van der Waals surface area contributed by atoms with Crippen molar-refractivity contribution in [1.29, 1.82) is 0 Å². The molecule has 1 aliphatic heterocycles. The Bertz CT molecular complexity index is 988. The smallest absolute Gasteiger partial charge is 0.220 e. The summed E-state index contributed by atoms with van der Waals surface area (Å²) in [5, 5.41) is 2.85. The maximum absolute atomic E-state index is 13.7. The summed E-state index contributed by atoms with van der Waals surface area (Å²) in [6.07, 6.45) is 7.51.